The Morgan fingerprint density at radius 1 is 1.83 bits per heavy atom. The van der Waals surface area contributed by atoms with Crippen LogP contribution in [0.2, 0.25) is 0 Å². The highest BCUT2D eigenvalue weighted by Crippen LogP contribution is 1.77. The highest BCUT2D eigenvalue weighted by Gasteiger charge is 2.14. The van der Waals surface area contributed by atoms with Gasteiger partial charge in [0, 0.05) is 0 Å². The van der Waals surface area contributed by atoms with Crippen LogP contribution in [0.3, 0.4) is 0 Å². The van der Waals surface area contributed by atoms with Crippen LogP contribution in [0.1, 0.15) is 0 Å². The van der Waals surface area contributed by atoms with Crippen molar-refractivity contribution in [2.75, 3.05) is 13.2 Å². The van der Waals surface area contributed by atoms with E-state index in [1.54, 1.807) is 0 Å². The van der Waals surface area contributed by atoms with Gasteiger partial charge in [-0.05, 0) is 5.59 Å². The number of rotatable bonds is 0. The molecular formula is C2H5N2O2+. The van der Waals surface area contributed by atoms with Gasteiger partial charge >= 0.3 is 0 Å². The lowest BCUT2D eigenvalue weighted by atomic mass is 10.8. The van der Waals surface area contributed by atoms with Crippen molar-refractivity contribution in [2.24, 2.45) is 0 Å². The van der Waals surface area contributed by atoms with Crippen molar-refractivity contribution < 1.29 is 9.71 Å². The molecule has 1 fully saturated rings. The average molecular weight is 89.1 g/mol. The average Bonchev–Trinajstić information content (AvgIpc) is 1.86. The van der Waals surface area contributed by atoms with Crippen LogP contribution in [-0.2, 0) is 4.84 Å². The van der Waals surface area contributed by atoms with Crippen LogP contribution in [0.25, 0.3) is 0 Å². The van der Waals surface area contributed by atoms with Gasteiger partial charge in [-0.25, -0.2) is 4.84 Å². The quantitative estimate of drug-likeness (QED) is 0.395. The Labute approximate surface area is 34.6 Å². The minimum absolute atomic E-state index is 0.431. The second-order valence-corrected chi connectivity index (χ2v) is 1.04. The standard InChI is InChI=1S/C2H5N2O2/c5-4-1-2-6-3-4/h1-2H2,(H,3,5)/q+1. The molecule has 1 N–H and O–H groups in total. The van der Waals surface area contributed by atoms with Gasteiger partial charge in [-0.2, -0.15) is 0 Å². The second kappa shape index (κ2) is 1.22. The zero-order valence-electron chi connectivity index (χ0n) is 3.18. The third-order valence-corrected chi connectivity index (χ3v) is 0.563. The first-order valence-electron chi connectivity index (χ1n) is 1.72. The van der Waals surface area contributed by atoms with Crippen LogP contribution < -0.4 is 5.59 Å². The summed E-state index contributed by atoms with van der Waals surface area (Å²) < 4.78 is 0. The zero-order valence-corrected chi connectivity index (χ0v) is 3.18. The molecule has 0 atom stereocenters. The summed E-state index contributed by atoms with van der Waals surface area (Å²) in [5.74, 6) is 0. The van der Waals surface area contributed by atoms with Gasteiger partial charge < -0.3 is 0 Å². The van der Waals surface area contributed by atoms with Gasteiger partial charge in [0.05, 0.1) is 4.91 Å². The van der Waals surface area contributed by atoms with Crippen LogP contribution in [0.5, 0.6) is 0 Å². The SMILES string of the molecule is O=[N+]1CCON1. The monoisotopic (exact) mass is 89.0 g/mol. The summed E-state index contributed by atoms with van der Waals surface area (Å²) in [6.07, 6.45) is 0. The molecule has 1 aliphatic heterocycles. The van der Waals surface area contributed by atoms with E-state index in [4.69, 9.17) is 0 Å². The Morgan fingerprint density at radius 3 is 2.83 bits per heavy atom. The van der Waals surface area contributed by atoms with E-state index in [0.717, 1.165) is 0 Å². The molecule has 0 bridgehead atoms. The molecule has 4 nitrogen and oxygen atoms in total. The molecule has 0 radical (unpaired) electrons. The molecule has 6 heavy (non-hydrogen) atoms. The Morgan fingerprint density at radius 2 is 2.67 bits per heavy atom. The Bertz CT molecular complexity index is 63.9. The molecule has 1 heterocycles. The number of hydrogen-bond donors (Lipinski definition) is 1. The maximum atomic E-state index is 9.92. The number of hydrazine groups is 1. The van der Waals surface area contributed by atoms with Crippen molar-refractivity contribution in [1.82, 2.24) is 5.59 Å². The topological polar surface area (TPSA) is 41.3 Å². The lowest BCUT2D eigenvalue weighted by Gasteiger charge is -1.71. The summed E-state index contributed by atoms with van der Waals surface area (Å²) in [4.78, 5) is 15.0. The Balaban J connectivity index is 2.37. The van der Waals surface area contributed by atoms with Crippen LogP contribution >= 0.6 is 0 Å². The summed E-state index contributed by atoms with van der Waals surface area (Å²) in [7, 11) is 0. The molecule has 1 saturated heterocycles. The van der Waals surface area contributed by atoms with Gasteiger partial charge in [0.25, 0.3) is 6.54 Å². The van der Waals surface area contributed by atoms with Crippen molar-refractivity contribution in [1.29, 1.82) is 0 Å². The van der Waals surface area contributed by atoms with Gasteiger partial charge in [-0.1, -0.05) is 0 Å². The van der Waals surface area contributed by atoms with Gasteiger partial charge in [0.15, 0.2) is 0 Å². The van der Waals surface area contributed by atoms with E-state index in [2.05, 4.69) is 10.4 Å². The molecule has 0 aromatic heterocycles. The zero-order chi connectivity index (χ0) is 4.41. The summed E-state index contributed by atoms with van der Waals surface area (Å²) in [6.45, 7) is 0.920. The molecule has 34 valence electrons. The first kappa shape index (κ1) is 3.55. The Kier molecular flexibility index (Phi) is 0.719. The van der Waals surface area contributed by atoms with E-state index < -0.39 is 0 Å². The normalized spacial score (nSPS) is 21.0. The lowest BCUT2D eigenvalue weighted by molar-refractivity contribution is -0.616. The molecule has 0 saturated carbocycles. The van der Waals surface area contributed by atoms with Gasteiger partial charge in [-0.15, -0.1) is 0 Å². The Hall–Kier alpha value is -0.640. The highest BCUT2D eigenvalue weighted by atomic mass is 16.7. The van der Waals surface area contributed by atoms with Crippen molar-refractivity contribution in [3.8, 4) is 0 Å². The van der Waals surface area contributed by atoms with Crippen molar-refractivity contribution in [2.45, 2.75) is 0 Å². The lowest BCUT2D eigenvalue weighted by Crippen LogP contribution is -2.14. The summed E-state index contributed by atoms with van der Waals surface area (Å²) in [5, 5.41) is 0. The van der Waals surface area contributed by atoms with Crippen molar-refractivity contribution in [3.05, 3.63) is 4.91 Å². The van der Waals surface area contributed by atoms with Crippen LogP contribution in [-0.4, -0.2) is 18.0 Å². The number of nitroso groups, excluding NO2 is 1. The largest absolute Gasteiger partial charge is 0.253 e. The maximum Gasteiger partial charge on any atom is 0.253 e. The van der Waals surface area contributed by atoms with E-state index in [0.29, 0.717) is 18.0 Å². The summed E-state index contributed by atoms with van der Waals surface area (Å²) >= 11 is 0. The van der Waals surface area contributed by atoms with E-state index in [9.17, 15) is 4.91 Å². The molecule has 1 rings (SSSR count). The minimum Gasteiger partial charge on any atom is -0.218 e. The molecule has 4 heteroatoms. The molecule has 1 aliphatic rings. The molecule has 0 aromatic rings. The summed E-state index contributed by atoms with van der Waals surface area (Å²) in [6, 6.07) is 0. The predicted molar refractivity (Wildman–Crippen MR) is 17.6 cm³/mol. The number of nitrogens with zero attached hydrogens (tertiary/aromatic N) is 1. The minimum atomic E-state index is 0.431. The third-order valence-electron chi connectivity index (χ3n) is 0.563. The smallest absolute Gasteiger partial charge is 0.218 e. The van der Waals surface area contributed by atoms with Gasteiger partial charge in [0.1, 0.15) is 11.5 Å². The fourth-order valence-corrected chi connectivity index (χ4v) is 0.292. The third kappa shape index (κ3) is 0.463. The highest BCUT2D eigenvalue weighted by molar-refractivity contribution is 4.20. The number of nitrogens with one attached hydrogen (secondary N) is 1. The van der Waals surface area contributed by atoms with E-state index >= 15 is 0 Å². The van der Waals surface area contributed by atoms with Crippen molar-refractivity contribution >= 4 is 0 Å². The fraction of sp³-hybridized carbons (Fsp3) is 1.00. The molecule has 0 aromatic carbocycles. The van der Waals surface area contributed by atoms with Gasteiger partial charge in [-0.3, -0.25) is 0 Å². The van der Waals surface area contributed by atoms with E-state index in [1.165, 1.54) is 0 Å². The van der Waals surface area contributed by atoms with E-state index in [-0.39, 0.29) is 0 Å². The molecular weight excluding hydrogens is 84.0 g/mol. The molecule has 0 amide bonds. The number of hydrogen-bond acceptors (Lipinski definition) is 2. The first-order chi connectivity index (χ1) is 2.89. The molecule has 0 aliphatic carbocycles. The van der Waals surface area contributed by atoms with Crippen molar-refractivity contribution in [3.63, 3.8) is 0 Å². The van der Waals surface area contributed by atoms with Gasteiger partial charge in [0.2, 0.25) is 0 Å². The first-order valence-corrected chi connectivity index (χ1v) is 1.72. The molecule has 0 spiro atoms. The summed E-state index contributed by atoms with van der Waals surface area (Å²) in [5.41, 5.74) is 2.10. The van der Waals surface area contributed by atoms with Crippen LogP contribution in [0.15, 0.2) is 0 Å². The predicted octanol–water partition coefficient (Wildman–Crippen LogP) is -0.785. The van der Waals surface area contributed by atoms with Crippen LogP contribution in [0, 0.1) is 4.91 Å². The maximum absolute atomic E-state index is 9.92. The van der Waals surface area contributed by atoms with E-state index in [1.807, 2.05) is 0 Å². The molecule has 0 unspecified atom stereocenters. The second-order valence-electron chi connectivity index (χ2n) is 1.04. The fourth-order valence-electron chi connectivity index (χ4n) is 0.292. The van der Waals surface area contributed by atoms with Crippen LogP contribution in [0.4, 0.5) is 0 Å².